The molecule has 0 fully saturated rings. The van der Waals surface area contributed by atoms with Gasteiger partial charge in [0.05, 0.1) is 18.5 Å². The molecule has 2 heterocycles. The average Bonchev–Trinajstić information content (AvgIpc) is 2.94. The molecule has 3 aromatic rings. The van der Waals surface area contributed by atoms with Gasteiger partial charge in [0, 0.05) is 18.2 Å². The predicted molar refractivity (Wildman–Crippen MR) is 70.0 cm³/mol. The number of hydrogen-bond acceptors (Lipinski definition) is 2. The van der Waals surface area contributed by atoms with Gasteiger partial charge in [0.1, 0.15) is 0 Å². The fraction of sp³-hybridized carbons (Fsp3) is 0.133. The van der Waals surface area contributed by atoms with E-state index in [-0.39, 0.29) is 0 Å². The fourth-order valence-electron chi connectivity index (χ4n) is 2.72. The first-order valence-electron chi connectivity index (χ1n) is 6.00. The second-order valence-corrected chi connectivity index (χ2v) is 4.51. The first-order valence-corrected chi connectivity index (χ1v) is 6.00. The van der Waals surface area contributed by atoms with Crippen LogP contribution in [0, 0.1) is 0 Å². The topological polar surface area (TPSA) is 26.5 Å². The third-order valence-electron chi connectivity index (χ3n) is 3.56. The van der Waals surface area contributed by atoms with E-state index in [9.17, 15) is 0 Å². The van der Waals surface area contributed by atoms with E-state index in [1.165, 1.54) is 16.8 Å². The number of pyridine rings is 1. The van der Waals surface area contributed by atoms with Crippen molar-refractivity contribution in [3.63, 3.8) is 0 Å². The molecule has 1 aliphatic rings. The zero-order chi connectivity index (χ0) is 12.1. The molecule has 0 bridgehead atoms. The molecule has 0 saturated heterocycles. The molecule has 0 saturated carbocycles. The molecular formula is C15H12N2O. The number of fused-ring (bicyclic) bond motifs is 5. The van der Waals surface area contributed by atoms with E-state index in [2.05, 4.69) is 34.9 Å². The molecule has 3 nitrogen and oxygen atoms in total. The molecule has 0 atom stereocenters. The smallest absolute Gasteiger partial charge is 0.180 e. The largest absolute Gasteiger partial charge is 0.493 e. The van der Waals surface area contributed by atoms with Gasteiger partial charge in [-0.2, -0.15) is 0 Å². The number of imidazole rings is 1. The highest BCUT2D eigenvalue weighted by Crippen LogP contribution is 2.37. The summed E-state index contributed by atoms with van der Waals surface area (Å²) in [5.41, 5.74) is 5.85. The van der Waals surface area contributed by atoms with Crippen molar-refractivity contribution in [2.24, 2.45) is 0 Å². The van der Waals surface area contributed by atoms with Crippen LogP contribution in [-0.4, -0.2) is 16.5 Å². The number of methoxy groups -OCH3 is 1. The van der Waals surface area contributed by atoms with E-state index >= 15 is 0 Å². The Morgan fingerprint density at radius 1 is 1.17 bits per heavy atom. The molecule has 1 aliphatic carbocycles. The van der Waals surface area contributed by atoms with Gasteiger partial charge in [0.2, 0.25) is 0 Å². The minimum absolute atomic E-state index is 0.824. The molecule has 0 spiro atoms. The standard InChI is InChI=1S/C15H12N2O/c1-18-13-7-4-8-17-12-9-10-5-2-3-6-11(10)14(12)16-15(13)17/h2-8H,9H2,1H3. The maximum atomic E-state index is 5.37. The van der Waals surface area contributed by atoms with Crippen molar-refractivity contribution in [1.29, 1.82) is 0 Å². The third-order valence-corrected chi connectivity index (χ3v) is 3.56. The molecule has 1 aromatic carbocycles. The lowest BCUT2D eigenvalue weighted by atomic mass is 10.1. The van der Waals surface area contributed by atoms with Crippen molar-refractivity contribution in [1.82, 2.24) is 9.38 Å². The van der Waals surface area contributed by atoms with Gasteiger partial charge in [0.25, 0.3) is 0 Å². The minimum atomic E-state index is 0.824. The Balaban J connectivity index is 2.07. The van der Waals surface area contributed by atoms with E-state index in [0.717, 1.165) is 23.5 Å². The Labute approximate surface area is 105 Å². The average molecular weight is 236 g/mol. The number of rotatable bonds is 1. The highest BCUT2D eigenvalue weighted by molar-refractivity contribution is 5.76. The Morgan fingerprint density at radius 2 is 2.06 bits per heavy atom. The summed E-state index contributed by atoms with van der Waals surface area (Å²) < 4.78 is 7.50. The van der Waals surface area contributed by atoms with Gasteiger partial charge in [-0.25, -0.2) is 4.98 Å². The number of nitrogens with zero attached hydrogens (tertiary/aromatic N) is 2. The van der Waals surface area contributed by atoms with Crippen LogP contribution in [0.15, 0.2) is 42.6 Å². The van der Waals surface area contributed by atoms with Crippen LogP contribution >= 0.6 is 0 Å². The summed E-state index contributed by atoms with van der Waals surface area (Å²) in [5, 5.41) is 0. The Hall–Kier alpha value is -2.29. The molecule has 0 radical (unpaired) electrons. The predicted octanol–water partition coefficient (Wildman–Crippen LogP) is 2.91. The Kier molecular flexibility index (Phi) is 1.81. The van der Waals surface area contributed by atoms with Crippen molar-refractivity contribution in [2.75, 3.05) is 7.11 Å². The second kappa shape index (κ2) is 3.35. The summed E-state index contributed by atoms with van der Waals surface area (Å²) in [6.45, 7) is 0. The summed E-state index contributed by atoms with van der Waals surface area (Å²) in [6, 6.07) is 12.4. The summed E-state index contributed by atoms with van der Waals surface area (Å²) in [6.07, 6.45) is 3.00. The summed E-state index contributed by atoms with van der Waals surface area (Å²) >= 11 is 0. The monoisotopic (exact) mass is 236 g/mol. The van der Waals surface area contributed by atoms with Crippen LogP contribution in [0.5, 0.6) is 5.75 Å². The van der Waals surface area contributed by atoms with Gasteiger partial charge < -0.3 is 4.74 Å². The lowest BCUT2D eigenvalue weighted by molar-refractivity contribution is 0.417. The van der Waals surface area contributed by atoms with Crippen LogP contribution in [0.4, 0.5) is 0 Å². The zero-order valence-electron chi connectivity index (χ0n) is 10.1. The molecule has 18 heavy (non-hydrogen) atoms. The first-order chi connectivity index (χ1) is 8.88. The van der Waals surface area contributed by atoms with Crippen molar-refractivity contribution >= 4 is 5.65 Å². The highest BCUT2D eigenvalue weighted by Gasteiger charge is 2.24. The SMILES string of the molecule is COc1cccn2c3c(nc12)-c1ccccc1C3. The second-order valence-electron chi connectivity index (χ2n) is 4.51. The van der Waals surface area contributed by atoms with Crippen LogP contribution in [0.25, 0.3) is 16.9 Å². The zero-order valence-corrected chi connectivity index (χ0v) is 10.1. The summed E-state index contributed by atoms with van der Waals surface area (Å²) in [4.78, 5) is 4.74. The van der Waals surface area contributed by atoms with Gasteiger partial charge in [-0.15, -0.1) is 0 Å². The van der Waals surface area contributed by atoms with E-state index in [1.54, 1.807) is 7.11 Å². The number of aromatic nitrogens is 2. The van der Waals surface area contributed by atoms with Crippen LogP contribution in [-0.2, 0) is 6.42 Å². The highest BCUT2D eigenvalue weighted by atomic mass is 16.5. The maximum absolute atomic E-state index is 5.37. The molecule has 88 valence electrons. The van der Waals surface area contributed by atoms with Gasteiger partial charge >= 0.3 is 0 Å². The molecule has 3 heteroatoms. The van der Waals surface area contributed by atoms with Crippen LogP contribution < -0.4 is 4.74 Å². The Bertz CT molecular complexity index is 758. The molecule has 2 aromatic heterocycles. The van der Waals surface area contributed by atoms with E-state index < -0.39 is 0 Å². The molecule has 4 rings (SSSR count). The van der Waals surface area contributed by atoms with Crippen LogP contribution in [0.2, 0.25) is 0 Å². The van der Waals surface area contributed by atoms with Crippen molar-refractivity contribution in [3.8, 4) is 17.0 Å². The van der Waals surface area contributed by atoms with E-state index in [1.807, 2.05) is 12.1 Å². The summed E-state index contributed by atoms with van der Waals surface area (Å²) in [7, 11) is 1.68. The third kappa shape index (κ3) is 1.11. The quantitative estimate of drug-likeness (QED) is 0.508. The number of hydrogen-bond donors (Lipinski definition) is 0. The van der Waals surface area contributed by atoms with E-state index in [0.29, 0.717) is 0 Å². The van der Waals surface area contributed by atoms with Crippen molar-refractivity contribution in [2.45, 2.75) is 6.42 Å². The van der Waals surface area contributed by atoms with E-state index in [4.69, 9.17) is 9.72 Å². The molecule has 0 aliphatic heterocycles. The fourth-order valence-corrected chi connectivity index (χ4v) is 2.72. The molecule has 0 unspecified atom stereocenters. The lowest BCUT2D eigenvalue weighted by Gasteiger charge is -2.03. The normalized spacial score (nSPS) is 12.5. The molecule has 0 amide bonds. The lowest BCUT2D eigenvalue weighted by Crippen LogP contribution is -1.94. The van der Waals surface area contributed by atoms with Gasteiger partial charge in [-0.3, -0.25) is 4.40 Å². The molecular weight excluding hydrogens is 224 g/mol. The van der Waals surface area contributed by atoms with Gasteiger partial charge in [-0.05, 0) is 17.7 Å². The first kappa shape index (κ1) is 9.71. The van der Waals surface area contributed by atoms with Crippen LogP contribution in [0.1, 0.15) is 11.3 Å². The maximum Gasteiger partial charge on any atom is 0.180 e. The van der Waals surface area contributed by atoms with Crippen LogP contribution in [0.3, 0.4) is 0 Å². The summed E-state index contributed by atoms with van der Waals surface area (Å²) in [5.74, 6) is 0.824. The Morgan fingerprint density at radius 3 is 2.94 bits per heavy atom. The number of ether oxygens (including phenoxy) is 1. The molecule has 0 N–H and O–H groups in total. The minimum Gasteiger partial charge on any atom is -0.493 e. The number of benzene rings is 1. The van der Waals surface area contributed by atoms with Crippen molar-refractivity contribution in [3.05, 3.63) is 53.9 Å². The van der Waals surface area contributed by atoms with Crippen molar-refractivity contribution < 1.29 is 4.74 Å². The van der Waals surface area contributed by atoms with Gasteiger partial charge in [-0.1, -0.05) is 24.3 Å². The van der Waals surface area contributed by atoms with Gasteiger partial charge in [0.15, 0.2) is 11.4 Å².